The van der Waals surface area contributed by atoms with Crippen molar-refractivity contribution < 1.29 is 28.5 Å². The number of fused-ring (bicyclic) bond motifs is 1. The summed E-state index contributed by atoms with van der Waals surface area (Å²) in [6, 6.07) is 6.69. The van der Waals surface area contributed by atoms with Gasteiger partial charge in [0.15, 0.2) is 0 Å². The Balaban J connectivity index is 1.53. The fourth-order valence-electron chi connectivity index (χ4n) is 3.98. The van der Waals surface area contributed by atoms with Crippen LogP contribution in [0, 0.1) is 0 Å². The molecule has 0 aromatic heterocycles. The molecule has 3 heterocycles. The number of nitrogens with two attached hydrogens (primary N) is 1. The lowest BCUT2D eigenvalue weighted by Crippen LogP contribution is -2.68. The van der Waals surface area contributed by atoms with Gasteiger partial charge in [-0.3, -0.25) is 9.69 Å². The first-order chi connectivity index (χ1) is 14.5. The van der Waals surface area contributed by atoms with Crippen molar-refractivity contribution in [2.24, 2.45) is 5.73 Å². The molecular formula is C21H26N2O6S. The van der Waals surface area contributed by atoms with Crippen LogP contribution in [0.4, 0.5) is 0 Å². The quantitative estimate of drug-likeness (QED) is 0.508. The fourth-order valence-corrected chi connectivity index (χ4v) is 5.34. The topological polar surface area (TPSA) is 100 Å². The minimum atomic E-state index is -0.591. The summed E-state index contributed by atoms with van der Waals surface area (Å²) in [6.07, 6.45) is 1.38. The van der Waals surface area contributed by atoms with Crippen LogP contribution >= 0.6 is 11.8 Å². The van der Waals surface area contributed by atoms with Gasteiger partial charge in [0.25, 0.3) is 0 Å². The average molecular weight is 435 g/mol. The summed E-state index contributed by atoms with van der Waals surface area (Å²) in [4.78, 5) is 27.0. The van der Waals surface area contributed by atoms with E-state index in [1.807, 2.05) is 12.1 Å². The molecule has 2 N–H and O–H groups in total. The molecule has 0 unspecified atom stereocenters. The number of thioether (sulfide) groups is 1. The van der Waals surface area contributed by atoms with Gasteiger partial charge in [-0.2, -0.15) is 0 Å². The van der Waals surface area contributed by atoms with Crippen LogP contribution in [0.1, 0.15) is 18.4 Å². The van der Waals surface area contributed by atoms with Crippen molar-refractivity contribution in [3.8, 4) is 5.75 Å². The molecule has 3 aliphatic heterocycles. The zero-order valence-corrected chi connectivity index (χ0v) is 17.9. The molecule has 1 aromatic rings. The summed E-state index contributed by atoms with van der Waals surface area (Å²) in [5.74, 6) is 0.531. The molecule has 2 saturated heterocycles. The van der Waals surface area contributed by atoms with Gasteiger partial charge in [-0.1, -0.05) is 12.1 Å². The molecule has 0 radical (unpaired) electrons. The van der Waals surface area contributed by atoms with Crippen LogP contribution in [0.2, 0.25) is 0 Å². The van der Waals surface area contributed by atoms with Gasteiger partial charge in [0.1, 0.15) is 29.5 Å². The number of carbonyl (C=O) groups is 2. The Bertz CT molecular complexity index is 842. The van der Waals surface area contributed by atoms with Crippen LogP contribution in [-0.2, 0) is 30.4 Å². The van der Waals surface area contributed by atoms with Gasteiger partial charge < -0.3 is 24.7 Å². The van der Waals surface area contributed by atoms with Gasteiger partial charge in [0, 0.05) is 12.9 Å². The maximum Gasteiger partial charge on any atom is 0.355 e. The number of ether oxygens (including phenoxy) is 4. The number of nitrogens with zero attached hydrogens (tertiary/aromatic N) is 1. The Morgan fingerprint density at radius 1 is 1.27 bits per heavy atom. The summed E-state index contributed by atoms with van der Waals surface area (Å²) < 4.78 is 22.0. The summed E-state index contributed by atoms with van der Waals surface area (Å²) >= 11 is 1.56. The van der Waals surface area contributed by atoms with Crippen molar-refractivity contribution in [1.29, 1.82) is 0 Å². The number of esters is 1. The number of hydrogen-bond acceptors (Lipinski definition) is 8. The zero-order valence-electron chi connectivity index (χ0n) is 17.0. The smallest absolute Gasteiger partial charge is 0.355 e. The monoisotopic (exact) mass is 434 g/mol. The molecule has 4 atom stereocenters. The average Bonchev–Trinajstić information content (AvgIpc) is 3.24. The molecule has 0 bridgehead atoms. The number of hydrogen-bond donors (Lipinski definition) is 1. The highest BCUT2D eigenvalue weighted by Crippen LogP contribution is 2.43. The van der Waals surface area contributed by atoms with E-state index in [-0.39, 0.29) is 30.1 Å². The van der Waals surface area contributed by atoms with Crippen LogP contribution in [0.3, 0.4) is 0 Å². The number of rotatable bonds is 7. The molecule has 1 amide bonds. The third kappa shape index (κ3) is 3.94. The highest BCUT2D eigenvalue weighted by atomic mass is 32.2. The summed E-state index contributed by atoms with van der Waals surface area (Å²) in [6.45, 7) is 0.605. The molecule has 2 fully saturated rings. The number of β-lactam (4-membered cyclic amide) rings is 1. The molecule has 1 aromatic carbocycles. The first-order valence-electron chi connectivity index (χ1n) is 9.91. The number of amides is 1. The van der Waals surface area contributed by atoms with Crippen molar-refractivity contribution in [2.75, 3.05) is 26.6 Å². The van der Waals surface area contributed by atoms with Crippen LogP contribution in [0.25, 0.3) is 0 Å². The molecule has 9 heteroatoms. The predicted octanol–water partition coefficient (Wildman–Crippen LogP) is 1.43. The van der Waals surface area contributed by atoms with Crippen molar-refractivity contribution in [3.05, 3.63) is 41.1 Å². The van der Waals surface area contributed by atoms with Crippen molar-refractivity contribution in [1.82, 2.24) is 4.90 Å². The third-order valence-electron chi connectivity index (χ3n) is 5.61. The van der Waals surface area contributed by atoms with E-state index in [2.05, 4.69) is 0 Å². The standard InChI is InChI=1S/C21H26N2O6S/c1-26-10-14-7-8-16(29-14)15-11-30-20-17(22)19(24)23(20)18(15)21(25)28-9-12-3-5-13(27-2)6-4-12/h3-6,14,16-17,20H,7-11,22H2,1-2H3/t14-,16+,17-,20-/m1/s1. The van der Waals surface area contributed by atoms with E-state index in [9.17, 15) is 9.59 Å². The van der Waals surface area contributed by atoms with E-state index in [1.54, 1.807) is 38.1 Å². The second-order valence-electron chi connectivity index (χ2n) is 7.51. The third-order valence-corrected chi connectivity index (χ3v) is 6.93. The summed E-state index contributed by atoms with van der Waals surface area (Å²) in [7, 11) is 3.23. The molecule has 0 spiro atoms. The van der Waals surface area contributed by atoms with Crippen molar-refractivity contribution in [3.63, 3.8) is 0 Å². The molecule has 3 aliphatic rings. The zero-order chi connectivity index (χ0) is 21.3. The van der Waals surface area contributed by atoms with Crippen LogP contribution in [-0.4, -0.2) is 67.0 Å². The number of carbonyl (C=O) groups excluding carboxylic acids is 2. The van der Waals surface area contributed by atoms with E-state index >= 15 is 0 Å². The minimum Gasteiger partial charge on any atom is -0.497 e. The Kier molecular flexibility index (Phi) is 6.33. The molecule has 0 aliphatic carbocycles. The highest BCUT2D eigenvalue weighted by molar-refractivity contribution is 8.00. The first kappa shape index (κ1) is 21.2. The number of methoxy groups -OCH3 is 2. The normalized spacial score (nSPS) is 28.2. The van der Waals surface area contributed by atoms with Crippen LogP contribution < -0.4 is 10.5 Å². The predicted molar refractivity (Wildman–Crippen MR) is 111 cm³/mol. The van der Waals surface area contributed by atoms with Crippen molar-refractivity contribution in [2.45, 2.75) is 43.1 Å². The Labute approximate surface area is 179 Å². The van der Waals surface area contributed by atoms with Gasteiger partial charge in [-0.25, -0.2) is 4.79 Å². The van der Waals surface area contributed by atoms with E-state index in [0.29, 0.717) is 18.1 Å². The Morgan fingerprint density at radius 3 is 2.73 bits per heavy atom. The lowest BCUT2D eigenvalue weighted by Gasteiger charge is -2.48. The highest BCUT2D eigenvalue weighted by Gasteiger charge is 2.53. The Morgan fingerprint density at radius 2 is 2.03 bits per heavy atom. The van der Waals surface area contributed by atoms with E-state index < -0.39 is 12.0 Å². The van der Waals surface area contributed by atoms with Crippen LogP contribution in [0.5, 0.6) is 5.75 Å². The van der Waals surface area contributed by atoms with E-state index in [0.717, 1.165) is 29.7 Å². The molecule has 4 rings (SSSR count). The minimum absolute atomic E-state index is 0.0128. The van der Waals surface area contributed by atoms with Gasteiger partial charge in [0.2, 0.25) is 5.91 Å². The molecular weight excluding hydrogens is 408 g/mol. The maximum absolute atomic E-state index is 13.1. The van der Waals surface area contributed by atoms with Crippen molar-refractivity contribution >= 4 is 23.6 Å². The molecule has 8 nitrogen and oxygen atoms in total. The largest absolute Gasteiger partial charge is 0.497 e. The maximum atomic E-state index is 13.1. The lowest BCUT2D eigenvalue weighted by molar-refractivity contribution is -0.151. The summed E-state index contributed by atoms with van der Waals surface area (Å²) in [5, 5.41) is -0.235. The SMILES string of the molecule is COC[C@H]1CC[C@@H](C2=C(C(=O)OCc3ccc(OC)cc3)N3C(=O)[C@@H](N)[C@H]3SC2)O1. The first-order valence-corrected chi connectivity index (χ1v) is 11.0. The van der Waals surface area contributed by atoms with Gasteiger partial charge >= 0.3 is 5.97 Å². The lowest BCUT2D eigenvalue weighted by atomic mass is 9.99. The van der Waals surface area contributed by atoms with Gasteiger partial charge in [-0.05, 0) is 36.1 Å². The fraction of sp³-hybridized carbons (Fsp3) is 0.524. The second-order valence-corrected chi connectivity index (χ2v) is 8.62. The second kappa shape index (κ2) is 8.97. The summed E-state index contributed by atoms with van der Waals surface area (Å²) in [5.41, 5.74) is 7.87. The molecule has 162 valence electrons. The molecule has 30 heavy (non-hydrogen) atoms. The molecule has 0 saturated carbocycles. The Hall–Kier alpha value is -2.07. The van der Waals surface area contributed by atoms with Gasteiger partial charge in [0.05, 0.1) is 25.9 Å². The number of benzene rings is 1. The van der Waals surface area contributed by atoms with Crippen LogP contribution in [0.15, 0.2) is 35.5 Å². The van der Waals surface area contributed by atoms with Gasteiger partial charge in [-0.15, -0.1) is 11.8 Å². The van der Waals surface area contributed by atoms with E-state index in [4.69, 9.17) is 24.7 Å². The van der Waals surface area contributed by atoms with E-state index in [1.165, 1.54) is 4.90 Å².